The number of amides is 1. The van der Waals surface area contributed by atoms with Crippen molar-refractivity contribution in [1.29, 1.82) is 0 Å². The molecule has 1 N–H and O–H groups in total. The van der Waals surface area contributed by atoms with Crippen LogP contribution in [0.25, 0.3) is 0 Å². The van der Waals surface area contributed by atoms with E-state index in [9.17, 15) is 4.79 Å². The van der Waals surface area contributed by atoms with Crippen molar-refractivity contribution in [2.24, 2.45) is 0 Å². The van der Waals surface area contributed by atoms with Gasteiger partial charge in [-0.05, 0) is 25.5 Å². The van der Waals surface area contributed by atoms with Crippen LogP contribution in [0, 0.1) is 0 Å². The molecule has 0 unspecified atom stereocenters. The SMILES string of the molecule is C[C@H]1CNCCN1C(=O)CCc1ccc(Cl)s1. The highest BCUT2D eigenvalue weighted by Gasteiger charge is 2.22. The summed E-state index contributed by atoms with van der Waals surface area (Å²) in [6.07, 6.45) is 1.38. The summed E-state index contributed by atoms with van der Waals surface area (Å²) in [5.41, 5.74) is 0. The minimum absolute atomic E-state index is 0.253. The average Bonchev–Trinajstić information content (AvgIpc) is 2.73. The first-order valence-corrected chi connectivity index (χ1v) is 7.10. The predicted molar refractivity (Wildman–Crippen MR) is 71.7 cm³/mol. The van der Waals surface area contributed by atoms with Gasteiger partial charge >= 0.3 is 0 Å². The second kappa shape index (κ2) is 5.85. The molecule has 1 amide bonds. The zero-order chi connectivity index (χ0) is 12.3. The van der Waals surface area contributed by atoms with Gasteiger partial charge in [-0.25, -0.2) is 0 Å². The summed E-state index contributed by atoms with van der Waals surface area (Å²) in [5, 5.41) is 3.29. The van der Waals surface area contributed by atoms with Crippen molar-refractivity contribution in [1.82, 2.24) is 10.2 Å². The van der Waals surface area contributed by atoms with Gasteiger partial charge in [0.2, 0.25) is 5.91 Å². The lowest BCUT2D eigenvalue weighted by Crippen LogP contribution is -2.52. The molecule has 5 heteroatoms. The second-order valence-corrected chi connectivity index (χ2v) is 6.15. The van der Waals surface area contributed by atoms with Crippen molar-refractivity contribution in [3.05, 3.63) is 21.3 Å². The smallest absolute Gasteiger partial charge is 0.223 e. The van der Waals surface area contributed by atoms with E-state index in [1.165, 1.54) is 4.88 Å². The molecule has 0 bridgehead atoms. The van der Waals surface area contributed by atoms with Crippen LogP contribution in [0.4, 0.5) is 0 Å². The van der Waals surface area contributed by atoms with E-state index in [1.807, 2.05) is 17.0 Å². The molecule has 0 aliphatic carbocycles. The third kappa shape index (κ3) is 3.44. The van der Waals surface area contributed by atoms with Crippen LogP contribution < -0.4 is 5.32 Å². The number of halogens is 1. The van der Waals surface area contributed by atoms with E-state index in [0.29, 0.717) is 12.5 Å². The van der Waals surface area contributed by atoms with Crippen molar-refractivity contribution in [2.75, 3.05) is 19.6 Å². The molecule has 1 fully saturated rings. The number of nitrogens with zero attached hydrogens (tertiary/aromatic N) is 1. The first-order chi connectivity index (χ1) is 8.16. The Morgan fingerprint density at radius 1 is 1.65 bits per heavy atom. The van der Waals surface area contributed by atoms with Crippen LogP contribution in [0.2, 0.25) is 4.34 Å². The van der Waals surface area contributed by atoms with Gasteiger partial charge in [0.15, 0.2) is 0 Å². The molecule has 0 radical (unpaired) electrons. The van der Waals surface area contributed by atoms with E-state index in [0.717, 1.165) is 30.4 Å². The van der Waals surface area contributed by atoms with Crippen molar-refractivity contribution in [3.63, 3.8) is 0 Å². The summed E-state index contributed by atoms with van der Waals surface area (Å²) in [5.74, 6) is 0.253. The third-order valence-corrected chi connectivity index (χ3v) is 4.33. The first-order valence-electron chi connectivity index (χ1n) is 5.91. The summed E-state index contributed by atoms with van der Waals surface area (Å²) < 4.78 is 0.794. The summed E-state index contributed by atoms with van der Waals surface area (Å²) in [6, 6.07) is 4.20. The molecular formula is C12H17ClN2OS. The van der Waals surface area contributed by atoms with Crippen molar-refractivity contribution in [3.8, 4) is 0 Å². The van der Waals surface area contributed by atoms with Crippen LogP contribution in [0.1, 0.15) is 18.2 Å². The van der Waals surface area contributed by atoms with Gasteiger partial charge in [-0.2, -0.15) is 0 Å². The third-order valence-electron chi connectivity index (χ3n) is 3.04. The van der Waals surface area contributed by atoms with Crippen LogP contribution in [0.3, 0.4) is 0 Å². The van der Waals surface area contributed by atoms with Gasteiger partial charge in [-0.1, -0.05) is 11.6 Å². The maximum Gasteiger partial charge on any atom is 0.223 e. The number of thiophene rings is 1. The number of hydrogen-bond acceptors (Lipinski definition) is 3. The Morgan fingerprint density at radius 3 is 3.12 bits per heavy atom. The van der Waals surface area contributed by atoms with Crippen LogP contribution in [-0.2, 0) is 11.2 Å². The number of carbonyl (C=O) groups excluding carboxylic acids is 1. The molecule has 3 nitrogen and oxygen atoms in total. The monoisotopic (exact) mass is 272 g/mol. The molecule has 1 aromatic heterocycles. The zero-order valence-corrected chi connectivity index (χ0v) is 11.5. The topological polar surface area (TPSA) is 32.3 Å². The van der Waals surface area contributed by atoms with Crippen molar-refractivity contribution >= 4 is 28.8 Å². The van der Waals surface area contributed by atoms with Crippen LogP contribution >= 0.6 is 22.9 Å². The highest BCUT2D eigenvalue weighted by Crippen LogP contribution is 2.22. The molecule has 1 saturated heterocycles. The Bertz CT molecular complexity index is 394. The van der Waals surface area contributed by atoms with Gasteiger partial charge in [0, 0.05) is 37.0 Å². The molecule has 0 saturated carbocycles. The van der Waals surface area contributed by atoms with E-state index in [2.05, 4.69) is 12.2 Å². The molecule has 0 spiro atoms. The summed E-state index contributed by atoms with van der Waals surface area (Å²) in [7, 11) is 0. The Kier molecular flexibility index (Phi) is 4.42. The molecule has 1 atom stereocenters. The molecule has 0 aromatic carbocycles. The molecule has 1 aliphatic heterocycles. The first kappa shape index (κ1) is 12.9. The fourth-order valence-electron chi connectivity index (χ4n) is 2.07. The molecule has 2 rings (SSSR count). The van der Waals surface area contributed by atoms with Gasteiger partial charge in [0.1, 0.15) is 0 Å². The largest absolute Gasteiger partial charge is 0.337 e. The maximum atomic E-state index is 12.1. The molecule has 1 aromatic rings. The fourth-order valence-corrected chi connectivity index (χ4v) is 3.16. The quantitative estimate of drug-likeness (QED) is 0.915. The maximum absolute atomic E-state index is 12.1. The second-order valence-electron chi connectivity index (χ2n) is 4.35. The summed E-state index contributed by atoms with van der Waals surface area (Å²) >= 11 is 7.42. The Hall–Kier alpha value is -0.580. The molecule has 2 heterocycles. The van der Waals surface area contributed by atoms with Gasteiger partial charge in [-0.15, -0.1) is 11.3 Å². The summed E-state index contributed by atoms with van der Waals surface area (Å²) in [4.78, 5) is 15.2. The normalized spacial score (nSPS) is 20.6. The number of carbonyl (C=O) groups is 1. The lowest BCUT2D eigenvalue weighted by Gasteiger charge is -2.34. The Balaban J connectivity index is 1.84. The summed E-state index contributed by atoms with van der Waals surface area (Å²) in [6.45, 7) is 4.72. The lowest BCUT2D eigenvalue weighted by atomic mass is 10.1. The van der Waals surface area contributed by atoms with Crippen LogP contribution in [0.5, 0.6) is 0 Å². The predicted octanol–water partition coefficient (Wildman–Crippen LogP) is 2.15. The molecule has 94 valence electrons. The minimum atomic E-state index is 0.253. The van der Waals surface area contributed by atoms with Gasteiger partial charge in [-0.3, -0.25) is 4.79 Å². The highest BCUT2D eigenvalue weighted by molar-refractivity contribution is 7.16. The molecular weight excluding hydrogens is 256 g/mol. The Labute approximate surface area is 111 Å². The van der Waals surface area contributed by atoms with Crippen molar-refractivity contribution < 1.29 is 4.79 Å². The molecule has 1 aliphatic rings. The average molecular weight is 273 g/mol. The standard InChI is InChI=1S/C12H17ClN2OS/c1-9-8-14-6-7-15(9)12(16)5-3-10-2-4-11(13)17-10/h2,4,9,14H,3,5-8H2,1H3/t9-/m0/s1. The number of aryl methyl sites for hydroxylation is 1. The lowest BCUT2D eigenvalue weighted by molar-refractivity contribution is -0.133. The molecule has 17 heavy (non-hydrogen) atoms. The fraction of sp³-hybridized carbons (Fsp3) is 0.583. The Morgan fingerprint density at radius 2 is 2.47 bits per heavy atom. The van der Waals surface area contributed by atoms with E-state index in [-0.39, 0.29) is 5.91 Å². The number of hydrogen-bond donors (Lipinski definition) is 1. The van der Waals surface area contributed by atoms with E-state index in [4.69, 9.17) is 11.6 Å². The number of piperazine rings is 1. The van der Waals surface area contributed by atoms with Crippen LogP contribution in [-0.4, -0.2) is 36.5 Å². The van der Waals surface area contributed by atoms with Gasteiger partial charge < -0.3 is 10.2 Å². The number of rotatable bonds is 3. The minimum Gasteiger partial charge on any atom is -0.337 e. The van der Waals surface area contributed by atoms with E-state index >= 15 is 0 Å². The van der Waals surface area contributed by atoms with E-state index in [1.54, 1.807) is 11.3 Å². The zero-order valence-electron chi connectivity index (χ0n) is 9.91. The van der Waals surface area contributed by atoms with Gasteiger partial charge in [0.05, 0.1) is 4.34 Å². The van der Waals surface area contributed by atoms with Gasteiger partial charge in [0.25, 0.3) is 0 Å². The van der Waals surface area contributed by atoms with Crippen LogP contribution in [0.15, 0.2) is 12.1 Å². The van der Waals surface area contributed by atoms with E-state index < -0.39 is 0 Å². The highest BCUT2D eigenvalue weighted by atomic mass is 35.5. The number of nitrogens with one attached hydrogen (secondary N) is 1. The van der Waals surface area contributed by atoms with Crippen molar-refractivity contribution in [2.45, 2.75) is 25.8 Å².